The highest BCUT2D eigenvalue weighted by molar-refractivity contribution is 6.04. The Labute approximate surface area is 228 Å². The Morgan fingerprint density at radius 3 is 2.23 bits per heavy atom. The van der Waals surface area contributed by atoms with Crippen LogP contribution in [-0.2, 0) is 14.4 Å². The molecule has 2 aromatic carbocycles. The molecule has 0 spiro atoms. The SMILES string of the molecule is COc1ccc([C@H](C(=O)NC(C)(C)C)N(C(=O)CCC(=O)Nc2cc(C)on2)c2cc(C)ccc2OC)cc1. The van der Waals surface area contributed by atoms with Gasteiger partial charge in [0.05, 0.1) is 19.9 Å². The molecular formula is C29H36N4O6. The van der Waals surface area contributed by atoms with E-state index in [4.69, 9.17) is 14.0 Å². The fraction of sp³-hybridized carbons (Fsp3) is 0.379. The molecule has 0 unspecified atom stereocenters. The summed E-state index contributed by atoms with van der Waals surface area (Å²) in [5, 5.41) is 9.38. The van der Waals surface area contributed by atoms with Gasteiger partial charge in [-0.3, -0.25) is 19.3 Å². The van der Waals surface area contributed by atoms with Gasteiger partial charge >= 0.3 is 0 Å². The van der Waals surface area contributed by atoms with Crippen molar-refractivity contribution in [3.05, 3.63) is 65.4 Å². The van der Waals surface area contributed by atoms with Gasteiger partial charge in [0, 0.05) is 24.4 Å². The summed E-state index contributed by atoms with van der Waals surface area (Å²) in [7, 11) is 3.06. The number of ether oxygens (including phenoxy) is 2. The van der Waals surface area contributed by atoms with Gasteiger partial charge in [0.15, 0.2) is 5.82 Å². The number of hydrogen-bond acceptors (Lipinski definition) is 7. The number of rotatable bonds is 10. The van der Waals surface area contributed by atoms with Gasteiger partial charge in [-0.1, -0.05) is 23.4 Å². The van der Waals surface area contributed by atoms with E-state index in [0.717, 1.165) is 5.56 Å². The van der Waals surface area contributed by atoms with Crippen LogP contribution in [0.1, 0.15) is 56.5 Å². The summed E-state index contributed by atoms with van der Waals surface area (Å²) >= 11 is 0. The number of amides is 3. The number of anilines is 2. The first-order valence-electron chi connectivity index (χ1n) is 12.6. The number of nitrogens with one attached hydrogen (secondary N) is 2. The maximum Gasteiger partial charge on any atom is 0.248 e. The highest BCUT2D eigenvalue weighted by atomic mass is 16.5. The number of carbonyl (C=O) groups excluding carboxylic acids is 3. The first-order chi connectivity index (χ1) is 18.4. The number of methoxy groups -OCH3 is 2. The van der Waals surface area contributed by atoms with Crippen molar-refractivity contribution < 1.29 is 28.4 Å². The zero-order valence-electron chi connectivity index (χ0n) is 23.5. The zero-order valence-corrected chi connectivity index (χ0v) is 23.5. The molecule has 10 nitrogen and oxygen atoms in total. The lowest BCUT2D eigenvalue weighted by Gasteiger charge is -2.34. The molecule has 2 N–H and O–H groups in total. The van der Waals surface area contributed by atoms with Gasteiger partial charge in [0.25, 0.3) is 0 Å². The lowest BCUT2D eigenvalue weighted by atomic mass is 9.99. The maximum absolute atomic E-state index is 13.9. The molecule has 1 aromatic heterocycles. The second kappa shape index (κ2) is 12.5. The van der Waals surface area contributed by atoms with Crippen LogP contribution >= 0.6 is 0 Å². The standard InChI is InChI=1S/C29H36N4O6/c1-18-8-13-23(38-7)22(16-18)33(26(35)15-14-25(34)30-24-17-19(2)39-32-24)27(28(36)31-29(3,4)5)20-9-11-21(37-6)12-10-20/h8-13,16-17,27H,14-15H2,1-7H3,(H,31,36)(H,30,32,34)/t27-/m1/s1. The summed E-state index contributed by atoms with van der Waals surface area (Å²) in [4.78, 5) is 41.8. The molecule has 0 fully saturated rings. The largest absolute Gasteiger partial charge is 0.497 e. The third-order valence-electron chi connectivity index (χ3n) is 5.76. The minimum Gasteiger partial charge on any atom is -0.497 e. The van der Waals surface area contributed by atoms with Gasteiger partial charge < -0.3 is 24.6 Å². The van der Waals surface area contributed by atoms with Crippen molar-refractivity contribution in [3.63, 3.8) is 0 Å². The van der Waals surface area contributed by atoms with E-state index < -0.39 is 23.4 Å². The molecule has 3 aromatic rings. The predicted molar refractivity (Wildman–Crippen MR) is 148 cm³/mol. The van der Waals surface area contributed by atoms with E-state index in [-0.39, 0.29) is 24.6 Å². The Bertz CT molecular complexity index is 1310. The molecule has 1 heterocycles. The van der Waals surface area contributed by atoms with Crippen molar-refractivity contribution >= 4 is 29.2 Å². The first kappa shape index (κ1) is 29.2. The van der Waals surface area contributed by atoms with E-state index in [1.54, 1.807) is 56.5 Å². The van der Waals surface area contributed by atoms with Crippen LogP contribution in [0.15, 0.2) is 53.1 Å². The minimum absolute atomic E-state index is 0.133. The summed E-state index contributed by atoms with van der Waals surface area (Å²) in [6, 6.07) is 12.9. The van der Waals surface area contributed by atoms with Crippen LogP contribution in [0.25, 0.3) is 0 Å². The van der Waals surface area contributed by atoms with E-state index >= 15 is 0 Å². The summed E-state index contributed by atoms with van der Waals surface area (Å²) in [5.74, 6) is 0.613. The Hall–Kier alpha value is -4.34. The van der Waals surface area contributed by atoms with Crippen molar-refractivity contribution in [1.29, 1.82) is 0 Å². The van der Waals surface area contributed by atoms with E-state index in [1.165, 1.54) is 12.0 Å². The minimum atomic E-state index is -1.06. The molecular weight excluding hydrogens is 500 g/mol. The zero-order chi connectivity index (χ0) is 28.7. The molecule has 39 heavy (non-hydrogen) atoms. The molecule has 0 aliphatic heterocycles. The normalized spacial score (nSPS) is 11.9. The average Bonchev–Trinajstić information content (AvgIpc) is 3.28. The van der Waals surface area contributed by atoms with Crippen molar-refractivity contribution in [2.45, 2.75) is 59.0 Å². The number of carbonyl (C=O) groups is 3. The third kappa shape index (κ3) is 7.83. The topological polar surface area (TPSA) is 123 Å². The second-order valence-corrected chi connectivity index (χ2v) is 10.2. The van der Waals surface area contributed by atoms with E-state index in [9.17, 15) is 14.4 Å². The average molecular weight is 537 g/mol. The molecule has 0 saturated heterocycles. The number of aryl methyl sites for hydroxylation is 2. The van der Waals surface area contributed by atoms with Crippen LogP contribution < -0.4 is 25.0 Å². The highest BCUT2D eigenvalue weighted by Gasteiger charge is 2.36. The van der Waals surface area contributed by atoms with E-state index in [2.05, 4.69) is 15.8 Å². The summed E-state index contributed by atoms with van der Waals surface area (Å²) < 4.78 is 15.9. The smallest absolute Gasteiger partial charge is 0.248 e. The molecule has 10 heteroatoms. The van der Waals surface area contributed by atoms with Gasteiger partial charge in [-0.15, -0.1) is 0 Å². The Morgan fingerprint density at radius 1 is 0.974 bits per heavy atom. The summed E-state index contributed by atoms with van der Waals surface area (Å²) in [6.07, 6.45) is -0.305. The van der Waals surface area contributed by atoms with Crippen LogP contribution in [0, 0.1) is 13.8 Å². The highest BCUT2D eigenvalue weighted by Crippen LogP contribution is 2.37. The number of nitrogens with zero attached hydrogens (tertiary/aromatic N) is 2. The van der Waals surface area contributed by atoms with Crippen molar-refractivity contribution in [3.8, 4) is 11.5 Å². The van der Waals surface area contributed by atoms with Crippen LogP contribution in [0.2, 0.25) is 0 Å². The Balaban J connectivity index is 2.04. The predicted octanol–water partition coefficient (Wildman–Crippen LogP) is 4.72. The van der Waals surface area contributed by atoms with Gasteiger partial charge in [-0.25, -0.2) is 0 Å². The molecule has 0 bridgehead atoms. The van der Waals surface area contributed by atoms with Crippen LogP contribution in [0.5, 0.6) is 11.5 Å². The molecule has 208 valence electrons. The number of aromatic nitrogens is 1. The van der Waals surface area contributed by atoms with Gasteiger partial charge in [0.1, 0.15) is 23.3 Å². The Kier molecular flexibility index (Phi) is 9.34. The number of hydrogen-bond donors (Lipinski definition) is 2. The Morgan fingerprint density at radius 2 is 1.67 bits per heavy atom. The van der Waals surface area contributed by atoms with Gasteiger partial charge in [-0.05, 0) is 70.0 Å². The molecule has 0 aliphatic carbocycles. The molecule has 3 rings (SSSR count). The van der Waals surface area contributed by atoms with Crippen molar-refractivity contribution in [2.75, 3.05) is 24.4 Å². The van der Waals surface area contributed by atoms with Gasteiger partial charge in [-0.2, -0.15) is 0 Å². The fourth-order valence-corrected chi connectivity index (χ4v) is 4.02. The van der Waals surface area contributed by atoms with E-state index in [1.807, 2.05) is 33.8 Å². The first-order valence-corrected chi connectivity index (χ1v) is 12.6. The quantitative estimate of drug-likeness (QED) is 0.384. The van der Waals surface area contributed by atoms with Crippen LogP contribution in [0.3, 0.4) is 0 Å². The van der Waals surface area contributed by atoms with Gasteiger partial charge in [0.2, 0.25) is 17.7 Å². The van der Waals surface area contributed by atoms with E-state index in [0.29, 0.717) is 28.5 Å². The van der Waals surface area contributed by atoms with Crippen molar-refractivity contribution in [1.82, 2.24) is 10.5 Å². The molecule has 0 radical (unpaired) electrons. The lowest BCUT2D eigenvalue weighted by molar-refractivity contribution is -0.128. The molecule has 1 atom stereocenters. The third-order valence-corrected chi connectivity index (χ3v) is 5.76. The molecule has 3 amide bonds. The van der Waals surface area contributed by atoms with Crippen LogP contribution in [0.4, 0.5) is 11.5 Å². The summed E-state index contributed by atoms with van der Waals surface area (Å²) in [6.45, 7) is 9.19. The lowest BCUT2D eigenvalue weighted by Crippen LogP contribution is -2.49. The molecule has 0 saturated carbocycles. The summed E-state index contributed by atoms with van der Waals surface area (Å²) in [5.41, 5.74) is 1.28. The van der Waals surface area contributed by atoms with Crippen LogP contribution in [-0.4, -0.2) is 42.6 Å². The number of benzene rings is 2. The van der Waals surface area contributed by atoms with Crippen molar-refractivity contribution in [2.24, 2.45) is 0 Å². The molecule has 0 aliphatic rings. The second-order valence-electron chi connectivity index (χ2n) is 10.2. The monoisotopic (exact) mass is 536 g/mol. The maximum atomic E-state index is 13.9. The fourth-order valence-electron chi connectivity index (χ4n) is 4.02.